The number of hydrazone groups is 1. The average Bonchev–Trinajstić information content (AvgIpc) is 3.15. The Morgan fingerprint density at radius 3 is 2.60 bits per heavy atom. The van der Waals surface area contributed by atoms with Gasteiger partial charge in [-0.3, -0.25) is 14.6 Å². The summed E-state index contributed by atoms with van der Waals surface area (Å²) in [5, 5.41) is 12.6. The first kappa shape index (κ1) is 24.2. The van der Waals surface area contributed by atoms with Crippen LogP contribution in [0.2, 0.25) is 10.0 Å². The third-order valence-electron chi connectivity index (χ3n) is 4.16. The molecule has 0 saturated carbocycles. The zero-order valence-corrected chi connectivity index (χ0v) is 18.0. The number of hydrogen-bond acceptors (Lipinski definition) is 6. The van der Waals surface area contributed by atoms with Crippen LogP contribution < -0.4 is 15.6 Å². The lowest BCUT2D eigenvalue weighted by Gasteiger charge is -2.13. The van der Waals surface area contributed by atoms with E-state index in [4.69, 9.17) is 35.8 Å². The molecular formula is C19H23BCl2N4O4. The number of carbonyl (C=O) groups excluding carboxylic acids is 3. The van der Waals surface area contributed by atoms with Gasteiger partial charge in [0.15, 0.2) is 7.85 Å². The molecule has 1 aromatic rings. The summed E-state index contributed by atoms with van der Waals surface area (Å²) in [7, 11) is 4.99. The molecule has 0 spiro atoms. The Morgan fingerprint density at radius 2 is 1.87 bits per heavy atom. The van der Waals surface area contributed by atoms with Crippen molar-refractivity contribution in [3.05, 3.63) is 28.2 Å². The maximum Gasteiger partial charge on any atom is 0.225 e. The summed E-state index contributed by atoms with van der Waals surface area (Å²) in [4.78, 5) is 34.3. The van der Waals surface area contributed by atoms with E-state index >= 15 is 0 Å². The van der Waals surface area contributed by atoms with Crippen LogP contribution in [0, 0.1) is 0 Å². The summed E-state index contributed by atoms with van der Waals surface area (Å²) < 4.78 is 5.13. The largest absolute Gasteiger partial charge is 0.380 e. The molecule has 1 aliphatic rings. The molecule has 1 heterocycles. The number of carbonyl (C=O) groups is 3. The van der Waals surface area contributed by atoms with Crippen molar-refractivity contribution in [2.75, 3.05) is 31.3 Å². The number of benzene rings is 1. The minimum Gasteiger partial charge on any atom is -0.380 e. The Hall–Kier alpha value is -2.10. The van der Waals surface area contributed by atoms with Crippen molar-refractivity contribution in [3.8, 4) is 0 Å². The van der Waals surface area contributed by atoms with Crippen LogP contribution in [0.3, 0.4) is 0 Å². The highest BCUT2D eigenvalue weighted by Gasteiger charge is 2.18. The van der Waals surface area contributed by atoms with Gasteiger partial charge in [-0.15, -0.1) is 0 Å². The summed E-state index contributed by atoms with van der Waals surface area (Å²) in [6.07, 6.45) is 1.70. The molecule has 0 fully saturated rings. The number of anilines is 1. The summed E-state index contributed by atoms with van der Waals surface area (Å²) in [6, 6.07) is 5.24. The Labute approximate surface area is 186 Å². The van der Waals surface area contributed by atoms with Crippen molar-refractivity contribution >= 4 is 60.1 Å². The number of rotatable bonds is 11. The molecule has 0 bridgehead atoms. The summed E-state index contributed by atoms with van der Waals surface area (Å²) >= 11 is 12.0. The molecule has 30 heavy (non-hydrogen) atoms. The monoisotopic (exact) mass is 452 g/mol. The van der Waals surface area contributed by atoms with Gasteiger partial charge in [0.05, 0.1) is 34.6 Å². The van der Waals surface area contributed by atoms with E-state index in [-0.39, 0.29) is 44.3 Å². The highest BCUT2D eigenvalue weighted by Crippen LogP contribution is 2.28. The zero-order valence-electron chi connectivity index (χ0n) is 16.5. The smallest absolute Gasteiger partial charge is 0.225 e. The van der Waals surface area contributed by atoms with Gasteiger partial charge in [-0.25, -0.2) is 0 Å². The maximum absolute atomic E-state index is 12.1. The van der Waals surface area contributed by atoms with Crippen LogP contribution in [-0.2, 0) is 19.1 Å². The van der Waals surface area contributed by atoms with E-state index in [0.29, 0.717) is 41.8 Å². The molecule has 2 amide bonds. The number of nitrogens with one attached hydrogen (secondary N) is 2. The number of ether oxygens (including phenoxy) is 1. The van der Waals surface area contributed by atoms with Crippen LogP contribution in [-0.4, -0.2) is 57.5 Å². The molecule has 1 aromatic carbocycles. The van der Waals surface area contributed by atoms with Crippen LogP contribution in [0.1, 0.15) is 32.1 Å². The van der Waals surface area contributed by atoms with Gasteiger partial charge in [0.2, 0.25) is 11.8 Å². The topological polar surface area (TPSA) is 100 Å². The van der Waals surface area contributed by atoms with Gasteiger partial charge in [-0.05, 0) is 24.6 Å². The van der Waals surface area contributed by atoms with Crippen molar-refractivity contribution in [1.82, 2.24) is 10.6 Å². The lowest BCUT2D eigenvalue weighted by molar-refractivity contribution is -0.123. The van der Waals surface area contributed by atoms with Gasteiger partial charge in [0.1, 0.15) is 5.84 Å². The lowest BCUT2D eigenvalue weighted by Crippen LogP contribution is -2.31. The van der Waals surface area contributed by atoms with Gasteiger partial charge in [-0.1, -0.05) is 23.2 Å². The third-order valence-corrected chi connectivity index (χ3v) is 4.89. The quantitative estimate of drug-likeness (QED) is 0.395. The number of amides is 2. The van der Waals surface area contributed by atoms with E-state index in [1.54, 1.807) is 17.1 Å². The highest BCUT2D eigenvalue weighted by molar-refractivity contribution is 6.57. The molecule has 2 radical (unpaired) electrons. The van der Waals surface area contributed by atoms with Gasteiger partial charge in [0.25, 0.3) is 0 Å². The molecule has 0 atom stereocenters. The van der Waals surface area contributed by atoms with E-state index < -0.39 is 5.68 Å². The van der Waals surface area contributed by atoms with E-state index in [1.807, 2.05) is 6.07 Å². The highest BCUT2D eigenvalue weighted by atomic mass is 35.5. The van der Waals surface area contributed by atoms with Gasteiger partial charge < -0.3 is 20.2 Å². The normalized spacial score (nSPS) is 13.1. The SMILES string of the molecule is [B]C(=O)CCOCCC(=O)NCCCC(=O)NC1=NN(c2ccc(Cl)c(Cl)c2)CC1. The first-order valence-electron chi connectivity index (χ1n) is 9.58. The Morgan fingerprint density at radius 1 is 1.10 bits per heavy atom. The molecule has 11 heteroatoms. The predicted octanol–water partition coefficient (Wildman–Crippen LogP) is 2.02. The van der Waals surface area contributed by atoms with Gasteiger partial charge in [-0.2, -0.15) is 5.10 Å². The van der Waals surface area contributed by atoms with Crippen molar-refractivity contribution in [3.63, 3.8) is 0 Å². The minimum absolute atomic E-state index is 0.132. The van der Waals surface area contributed by atoms with Crippen LogP contribution in [0.4, 0.5) is 5.69 Å². The first-order chi connectivity index (χ1) is 14.3. The summed E-state index contributed by atoms with van der Waals surface area (Å²) in [5.41, 5.74) is 0.360. The standard InChI is InChI=1S/C19H23BCl2N4O4/c20-16(27)6-10-30-11-7-18(28)23-8-1-2-19(29)24-17-5-9-26(25-17)13-3-4-14(21)15(22)12-13/h3-4,12H,1-2,5-11H2,(H,23,28)(H,24,25,29). The Balaban J connectivity index is 1.60. The second kappa shape index (κ2) is 12.6. The van der Waals surface area contributed by atoms with E-state index in [1.165, 1.54) is 0 Å². The fourth-order valence-electron chi connectivity index (χ4n) is 2.61. The number of hydrogen-bond donors (Lipinski definition) is 2. The molecule has 2 rings (SSSR count). The van der Waals surface area contributed by atoms with Crippen molar-refractivity contribution in [2.24, 2.45) is 5.10 Å². The average molecular weight is 453 g/mol. The predicted molar refractivity (Wildman–Crippen MR) is 117 cm³/mol. The molecule has 0 unspecified atom stereocenters. The molecule has 2 N–H and O–H groups in total. The summed E-state index contributed by atoms with van der Waals surface area (Å²) in [6.45, 7) is 1.43. The second-order valence-corrected chi connectivity index (χ2v) is 7.41. The van der Waals surface area contributed by atoms with Crippen LogP contribution in [0.25, 0.3) is 0 Å². The van der Waals surface area contributed by atoms with Crippen molar-refractivity contribution in [1.29, 1.82) is 0 Å². The molecule has 0 aromatic heterocycles. The maximum atomic E-state index is 12.1. The van der Waals surface area contributed by atoms with E-state index in [0.717, 1.165) is 5.69 Å². The van der Waals surface area contributed by atoms with Crippen LogP contribution in [0.15, 0.2) is 23.3 Å². The Kier molecular flexibility index (Phi) is 10.1. The van der Waals surface area contributed by atoms with Crippen molar-refractivity contribution in [2.45, 2.75) is 32.1 Å². The van der Waals surface area contributed by atoms with E-state index in [9.17, 15) is 14.4 Å². The van der Waals surface area contributed by atoms with Crippen molar-refractivity contribution < 1.29 is 19.1 Å². The second-order valence-electron chi connectivity index (χ2n) is 6.60. The number of halogens is 2. The minimum atomic E-state index is -0.441. The Bertz CT molecular complexity index is 807. The summed E-state index contributed by atoms with van der Waals surface area (Å²) in [5.74, 6) is 0.254. The zero-order chi connectivity index (χ0) is 21.9. The van der Waals surface area contributed by atoms with Crippen LogP contribution >= 0.6 is 23.2 Å². The number of nitrogens with zero attached hydrogens (tertiary/aromatic N) is 2. The molecule has 160 valence electrons. The number of amidine groups is 1. The molecule has 8 nitrogen and oxygen atoms in total. The first-order valence-corrected chi connectivity index (χ1v) is 10.3. The fourth-order valence-corrected chi connectivity index (χ4v) is 2.90. The fraction of sp³-hybridized carbons (Fsp3) is 0.474. The molecule has 1 aliphatic heterocycles. The van der Waals surface area contributed by atoms with Gasteiger partial charge >= 0.3 is 0 Å². The molecular weight excluding hydrogens is 430 g/mol. The molecule has 0 saturated heterocycles. The third kappa shape index (κ3) is 8.73. The van der Waals surface area contributed by atoms with Crippen LogP contribution in [0.5, 0.6) is 0 Å². The lowest BCUT2D eigenvalue weighted by atomic mass is 10.0. The van der Waals surface area contributed by atoms with E-state index in [2.05, 4.69) is 15.7 Å². The molecule has 0 aliphatic carbocycles. The van der Waals surface area contributed by atoms with Gasteiger partial charge in [0, 0.05) is 38.8 Å².